The van der Waals surface area contributed by atoms with Gasteiger partial charge in [-0.3, -0.25) is 0 Å². The van der Waals surface area contributed by atoms with Crippen molar-refractivity contribution in [2.75, 3.05) is 0 Å². The van der Waals surface area contributed by atoms with Crippen molar-refractivity contribution in [2.24, 2.45) is 11.3 Å². The molecule has 2 aromatic carbocycles. The number of allylic oxidation sites excluding steroid dienone is 1. The maximum Gasteiger partial charge on any atom is 0.336 e. The number of benzene rings is 2. The van der Waals surface area contributed by atoms with E-state index in [0.717, 1.165) is 40.6 Å². The number of carboxylic acid groups (broad SMARTS) is 1. The number of carboxylic acids is 1. The van der Waals surface area contributed by atoms with E-state index in [1.807, 2.05) is 24.3 Å². The van der Waals surface area contributed by atoms with Gasteiger partial charge in [0, 0.05) is 5.39 Å². The van der Waals surface area contributed by atoms with Gasteiger partial charge in [-0.25, -0.2) is 9.78 Å². The number of para-hydroxylation sites is 1. The van der Waals surface area contributed by atoms with E-state index in [2.05, 4.69) is 58.9 Å². The molecule has 1 aliphatic rings. The predicted molar refractivity (Wildman–Crippen MR) is 124 cm³/mol. The second-order valence-electron chi connectivity index (χ2n) is 9.64. The first kappa shape index (κ1) is 20.3. The lowest BCUT2D eigenvalue weighted by Gasteiger charge is -2.36. The number of pyridine rings is 1. The van der Waals surface area contributed by atoms with Gasteiger partial charge in [-0.15, -0.1) is 0 Å². The lowest BCUT2D eigenvalue weighted by Crippen LogP contribution is -2.28. The van der Waals surface area contributed by atoms with Crippen LogP contribution in [0.3, 0.4) is 0 Å². The molecule has 30 heavy (non-hydrogen) atoms. The summed E-state index contributed by atoms with van der Waals surface area (Å²) in [6.07, 6.45) is 3.86. The van der Waals surface area contributed by atoms with E-state index < -0.39 is 5.97 Å². The molecule has 0 saturated heterocycles. The average molecular weight is 400 g/mol. The third-order valence-corrected chi connectivity index (χ3v) is 6.42. The summed E-state index contributed by atoms with van der Waals surface area (Å²) in [5.74, 6) is -0.520. The number of aromatic carboxylic acids is 1. The number of fused-ring (bicyclic) bond motifs is 2. The minimum Gasteiger partial charge on any atom is -0.478 e. The summed E-state index contributed by atoms with van der Waals surface area (Å²) in [4.78, 5) is 17.3. The Morgan fingerprint density at radius 3 is 2.53 bits per heavy atom. The van der Waals surface area contributed by atoms with Crippen molar-refractivity contribution in [3.05, 3.63) is 76.0 Å². The Labute approximate surface area is 178 Å². The van der Waals surface area contributed by atoms with Crippen molar-refractivity contribution in [1.29, 1.82) is 0 Å². The highest BCUT2D eigenvalue weighted by Crippen LogP contribution is 2.44. The molecular weight excluding hydrogens is 370 g/mol. The zero-order chi connectivity index (χ0) is 21.6. The van der Waals surface area contributed by atoms with Crippen molar-refractivity contribution in [3.63, 3.8) is 0 Å². The van der Waals surface area contributed by atoms with Gasteiger partial charge in [0.2, 0.25) is 0 Å². The van der Waals surface area contributed by atoms with Gasteiger partial charge >= 0.3 is 5.97 Å². The Morgan fingerprint density at radius 1 is 1.10 bits per heavy atom. The Morgan fingerprint density at radius 2 is 1.83 bits per heavy atom. The normalized spacial score (nSPS) is 17.9. The number of hydrogen-bond donors (Lipinski definition) is 1. The number of carbonyl (C=O) groups is 1. The number of rotatable bonds is 2. The summed E-state index contributed by atoms with van der Waals surface area (Å²) in [5, 5.41) is 10.9. The summed E-state index contributed by atoms with van der Waals surface area (Å²) in [6, 6.07) is 14.1. The molecule has 3 aromatic rings. The van der Waals surface area contributed by atoms with Gasteiger partial charge in [-0.1, -0.05) is 62.7 Å². The number of hydrogen-bond acceptors (Lipinski definition) is 2. The lowest BCUT2D eigenvalue weighted by molar-refractivity contribution is 0.0696. The van der Waals surface area contributed by atoms with Crippen LogP contribution in [0.1, 0.15) is 65.5 Å². The molecule has 0 bridgehead atoms. The molecule has 1 aliphatic carbocycles. The number of aromatic nitrogens is 1. The van der Waals surface area contributed by atoms with Crippen LogP contribution in [0.25, 0.3) is 22.6 Å². The highest BCUT2D eigenvalue weighted by atomic mass is 16.4. The van der Waals surface area contributed by atoms with Crippen LogP contribution >= 0.6 is 0 Å². The molecule has 1 atom stereocenters. The molecule has 0 aliphatic heterocycles. The second kappa shape index (κ2) is 7.39. The molecule has 1 N–H and O–H groups in total. The van der Waals surface area contributed by atoms with Crippen LogP contribution in [-0.2, 0) is 6.42 Å². The maximum atomic E-state index is 12.4. The van der Waals surface area contributed by atoms with E-state index in [4.69, 9.17) is 4.98 Å². The fourth-order valence-electron chi connectivity index (χ4n) is 4.48. The fraction of sp³-hybridized carbons (Fsp3) is 0.333. The minimum absolute atomic E-state index is 0.0693. The summed E-state index contributed by atoms with van der Waals surface area (Å²) in [7, 11) is 0. The highest BCUT2D eigenvalue weighted by Gasteiger charge is 2.35. The largest absolute Gasteiger partial charge is 0.478 e. The molecule has 0 fully saturated rings. The van der Waals surface area contributed by atoms with Crippen LogP contribution in [0.2, 0.25) is 0 Å². The quantitative estimate of drug-likeness (QED) is 0.522. The van der Waals surface area contributed by atoms with Crippen molar-refractivity contribution in [3.8, 4) is 0 Å². The van der Waals surface area contributed by atoms with Crippen molar-refractivity contribution in [2.45, 2.75) is 47.5 Å². The third-order valence-electron chi connectivity index (χ3n) is 6.42. The van der Waals surface area contributed by atoms with E-state index in [1.165, 1.54) is 16.7 Å². The molecule has 1 heterocycles. The molecule has 3 nitrogen and oxygen atoms in total. The molecular formula is C27H29NO2. The van der Waals surface area contributed by atoms with Gasteiger partial charge in [0.25, 0.3) is 0 Å². The number of nitrogens with zero attached hydrogens (tertiary/aromatic N) is 1. The smallest absolute Gasteiger partial charge is 0.336 e. The zero-order valence-corrected chi connectivity index (χ0v) is 18.4. The first-order valence-electron chi connectivity index (χ1n) is 10.6. The van der Waals surface area contributed by atoms with Gasteiger partial charge in [-0.05, 0) is 72.4 Å². The van der Waals surface area contributed by atoms with Crippen LogP contribution in [0.4, 0.5) is 0 Å². The van der Waals surface area contributed by atoms with Crippen LogP contribution < -0.4 is 0 Å². The Bertz CT molecular complexity index is 1180. The van der Waals surface area contributed by atoms with Crippen molar-refractivity contribution in [1.82, 2.24) is 4.98 Å². The molecule has 0 spiro atoms. The molecule has 154 valence electrons. The van der Waals surface area contributed by atoms with E-state index in [9.17, 15) is 9.90 Å². The van der Waals surface area contributed by atoms with Crippen molar-refractivity contribution < 1.29 is 9.90 Å². The molecule has 1 unspecified atom stereocenters. The molecule has 1 aromatic heterocycles. The molecule has 0 saturated carbocycles. The second-order valence-corrected chi connectivity index (χ2v) is 9.64. The van der Waals surface area contributed by atoms with Gasteiger partial charge in [-0.2, -0.15) is 0 Å². The van der Waals surface area contributed by atoms with E-state index in [-0.39, 0.29) is 5.41 Å². The van der Waals surface area contributed by atoms with Crippen LogP contribution in [-0.4, -0.2) is 16.1 Å². The van der Waals surface area contributed by atoms with Gasteiger partial charge in [0.05, 0.1) is 16.8 Å². The van der Waals surface area contributed by atoms with Gasteiger partial charge in [0.15, 0.2) is 0 Å². The van der Waals surface area contributed by atoms with E-state index >= 15 is 0 Å². The maximum absolute atomic E-state index is 12.4. The monoisotopic (exact) mass is 399 g/mol. The first-order chi connectivity index (χ1) is 14.1. The summed E-state index contributed by atoms with van der Waals surface area (Å²) in [5.41, 5.74) is 7.71. The molecule has 3 heteroatoms. The van der Waals surface area contributed by atoms with Gasteiger partial charge < -0.3 is 5.11 Å². The third kappa shape index (κ3) is 3.65. The Hall–Kier alpha value is -2.94. The molecule has 0 radical (unpaired) electrons. The predicted octanol–water partition coefficient (Wildman–Crippen LogP) is 6.70. The molecule has 0 amide bonds. The van der Waals surface area contributed by atoms with Crippen LogP contribution in [0, 0.1) is 25.2 Å². The zero-order valence-electron chi connectivity index (χ0n) is 18.4. The highest BCUT2D eigenvalue weighted by molar-refractivity contribution is 6.06. The Balaban J connectivity index is 2.03. The lowest BCUT2D eigenvalue weighted by atomic mass is 9.69. The molecule has 4 rings (SSSR count). The minimum atomic E-state index is -0.870. The van der Waals surface area contributed by atoms with E-state index in [0.29, 0.717) is 11.5 Å². The number of aryl methyl sites for hydroxylation is 2. The van der Waals surface area contributed by atoms with Crippen molar-refractivity contribution >= 4 is 28.5 Å². The van der Waals surface area contributed by atoms with Crippen LogP contribution in [0.15, 0.2) is 42.5 Å². The first-order valence-corrected chi connectivity index (χ1v) is 10.6. The van der Waals surface area contributed by atoms with E-state index in [1.54, 1.807) is 0 Å². The Kier molecular flexibility index (Phi) is 5.01. The fourth-order valence-corrected chi connectivity index (χ4v) is 4.48. The standard InChI is InChI=1S/C27H29NO2/c1-16-10-11-17(2)18(12-16)13-19-14-20(27(3,4)5)15-22-24(26(29)30)21-8-6-7-9-23(21)28-25(19)22/h6-13,20H,14-15H2,1-5H3,(H,29,30). The average Bonchev–Trinajstić information content (AvgIpc) is 2.68. The van der Waals surface area contributed by atoms with Crippen LogP contribution in [0.5, 0.6) is 0 Å². The summed E-state index contributed by atoms with van der Waals surface area (Å²) in [6.45, 7) is 10.9. The SMILES string of the molecule is Cc1ccc(C)c(C=C2CC(C(C)(C)C)Cc3c2nc2ccccc2c3C(=O)O)c1. The van der Waals surface area contributed by atoms with Gasteiger partial charge in [0.1, 0.15) is 0 Å². The summed E-state index contributed by atoms with van der Waals surface area (Å²) >= 11 is 0. The topological polar surface area (TPSA) is 50.2 Å². The summed E-state index contributed by atoms with van der Waals surface area (Å²) < 4.78 is 0.